The van der Waals surface area contributed by atoms with E-state index in [0.717, 1.165) is 45.5 Å². The molecule has 0 bridgehead atoms. The van der Waals surface area contributed by atoms with Crippen molar-refractivity contribution in [2.45, 2.75) is 44.6 Å². The van der Waals surface area contributed by atoms with Crippen LogP contribution in [-0.4, -0.2) is 43.2 Å². The van der Waals surface area contributed by atoms with Gasteiger partial charge in [0.15, 0.2) is 0 Å². The molecule has 0 saturated carbocycles. The van der Waals surface area contributed by atoms with Gasteiger partial charge in [0.05, 0.1) is 12.0 Å². The quantitative estimate of drug-likeness (QED) is 0.784. The maximum atomic E-state index is 11.2. The fourth-order valence-electron chi connectivity index (χ4n) is 2.91. The van der Waals surface area contributed by atoms with Gasteiger partial charge in [-0.2, -0.15) is 0 Å². The average molecular weight is 240 g/mol. The van der Waals surface area contributed by atoms with E-state index in [9.17, 15) is 4.79 Å². The molecule has 0 aromatic heterocycles. The first kappa shape index (κ1) is 12.8. The number of carbonyl (C=O) groups is 1. The monoisotopic (exact) mass is 240 g/mol. The number of ether oxygens (including phenoxy) is 1. The Morgan fingerprint density at radius 2 is 2.24 bits per heavy atom. The van der Waals surface area contributed by atoms with E-state index in [1.54, 1.807) is 0 Å². The number of amides is 1. The summed E-state index contributed by atoms with van der Waals surface area (Å²) in [4.78, 5) is 13.5. The third kappa shape index (κ3) is 3.96. The van der Waals surface area contributed by atoms with Crippen LogP contribution >= 0.6 is 0 Å². The molecule has 2 rings (SSSR count). The normalized spacial score (nSPS) is 30.6. The van der Waals surface area contributed by atoms with Crippen molar-refractivity contribution < 1.29 is 9.53 Å². The Balaban J connectivity index is 1.62. The van der Waals surface area contributed by atoms with Crippen LogP contribution in [0.3, 0.4) is 0 Å². The number of likely N-dealkylation sites (tertiary alicyclic amines) is 1. The zero-order valence-corrected chi connectivity index (χ0v) is 10.6. The van der Waals surface area contributed by atoms with E-state index in [4.69, 9.17) is 10.5 Å². The fraction of sp³-hybridized carbons (Fsp3) is 0.923. The lowest BCUT2D eigenvalue weighted by molar-refractivity contribution is -0.123. The van der Waals surface area contributed by atoms with E-state index in [1.165, 1.54) is 19.3 Å². The Labute approximate surface area is 103 Å². The molecule has 0 aromatic carbocycles. The highest BCUT2D eigenvalue weighted by Crippen LogP contribution is 2.19. The van der Waals surface area contributed by atoms with Crippen LogP contribution in [0.1, 0.15) is 38.5 Å². The Hall–Kier alpha value is -0.610. The predicted molar refractivity (Wildman–Crippen MR) is 66.6 cm³/mol. The summed E-state index contributed by atoms with van der Waals surface area (Å²) < 4.78 is 5.61. The molecule has 2 aliphatic heterocycles. The first-order chi connectivity index (χ1) is 8.25. The molecular weight excluding hydrogens is 216 g/mol. The number of piperidine rings is 1. The molecule has 0 spiro atoms. The molecule has 0 unspecified atom stereocenters. The van der Waals surface area contributed by atoms with Crippen molar-refractivity contribution >= 4 is 5.91 Å². The summed E-state index contributed by atoms with van der Waals surface area (Å²) in [7, 11) is 0. The summed E-state index contributed by atoms with van der Waals surface area (Å²) >= 11 is 0. The Morgan fingerprint density at radius 1 is 1.35 bits per heavy atom. The molecule has 17 heavy (non-hydrogen) atoms. The van der Waals surface area contributed by atoms with E-state index >= 15 is 0 Å². The zero-order chi connectivity index (χ0) is 12.1. The van der Waals surface area contributed by atoms with Crippen LogP contribution in [0.25, 0.3) is 0 Å². The Morgan fingerprint density at radius 3 is 2.94 bits per heavy atom. The Kier molecular flexibility index (Phi) is 4.80. The first-order valence-corrected chi connectivity index (χ1v) is 6.89. The van der Waals surface area contributed by atoms with Crippen LogP contribution in [0, 0.1) is 5.92 Å². The van der Waals surface area contributed by atoms with Gasteiger partial charge in [-0.15, -0.1) is 0 Å². The zero-order valence-electron chi connectivity index (χ0n) is 10.6. The Bertz CT molecular complexity index is 252. The lowest BCUT2D eigenvalue weighted by atomic mass is 9.97. The predicted octanol–water partition coefficient (Wildman–Crippen LogP) is 1.14. The number of hydrogen-bond donors (Lipinski definition) is 1. The molecule has 0 aliphatic carbocycles. The van der Waals surface area contributed by atoms with Gasteiger partial charge in [0, 0.05) is 13.2 Å². The number of nitrogens with zero attached hydrogens (tertiary/aromatic N) is 1. The minimum atomic E-state index is -0.131. The third-order valence-electron chi connectivity index (χ3n) is 3.93. The molecule has 98 valence electrons. The minimum Gasteiger partial charge on any atom is -0.378 e. The number of carbonyl (C=O) groups excluding carboxylic acids is 1. The van der Waals surface area contributed by atoms with Gasteiger partial charge < -0.3 is 15.4 Å². The molecule has 2 N–H and O–H groups in total. The van der Waals surface area contributed by atoms with Crippen LogP contribution in [0.4, 0.5) is 0 Å². The second-order valence-corrected chi connectivity index (χ2v) is 5.32. The summed E-state index contributed by atoms with van der Waals surface area (Å²) in [6, 6.07) is 0. The number of nitrogens with two attached hydrogens (primary N) is 1. The molecule has 0 aromatic rings. The van der Waals surface area contributed by atoms with Gasteiger partial charge in [-0.3, -0.25) is 4.79 Å². The van der Waals surface area contributed by atoms with Gasteiger partial charge in [-0.05, 0) is 51.6 Å². The topological polar surface area (TPSA) is 55.6 Å². The molecule has 4 heteroatoms. The third-order valence-corrected chi connectivity index (χ3v) is 3.93. The van der Waals surface area contributed by atoms with E-state index < -0.39 is 0 Å². The van der Waals surface area contributed by atoms with Crippen molar-refractivity contribution in [1.82, 2.24) is 4.90 Å². The van der Waals surface area contributed by atoms with Gasteiger partial charge in [0.1, 0.15) is 0 Å². The van der Waals surface area contributed by atoms with E-state index in [1.807, 2.05) is 0 Å². The summed E-state index contributed by atoms with van der Waals surface area (Å²) in [6.07, 6.45) is 7.35. The largest absolute Gasteiger partial charge is 0.378 e. The van der Waals surface area contributed by atoms with Crippen molar-refractivity contribution in [2.75, 3.05) is 26.2 Å². The lowest BCUT2D eigenvalue weighted by Gasteiger charge is -2.31. The van der Waals surface area contributed by atoms with Crippen molar-refractivity contribution in [1.29, 1.82) is 0 Å². The van der Waals surface area contributed by atoms with E-state index in [-0.39, 0.29) is 11.8 Å². The van der Waals surface area contributed by atoms with Crippen molar-refractivity contribution in [2.24, 2.45) is 11.7 Å². The second-order valence-electron chi connectivity index (χ2n) is 5.32. The van der Waals surface area contributed by atoms with E-state index in [2.05, 4.69) is 4.90 Å². The number of primary amides is 1. The smallest absolute Gasteiger partial charge is 0.221 e. The fourth-order valence-corrected chi connectivity index (χ4v) is 2.91. The van der Waals surface area contributed by atoms with Gasteiger partial charge >= 0.3 is 0 Å². The van der Waals surface area contributed by atoms with Crippen molar-refractivity contribution in [3.63, 3.8) is 0 Å². The maximum Gasteiger partial charge on any atom is 0.221 e. The van der Waals surface area contributed by atoms with Gasteiger partial charge in [0.2, 0.25) is 5.91 Å². The molecular formula is C13H24N2O2. The summed E-state index contributed by atoms with van der Waals surface area (Å²) in [6.45, 7) is 4.01. The van der Waals surface area contributed by atoms with Gasteiger partial charge in [-0.1, -0.05) is 0 Å². The molecule has 2 atom stereocenters. The van der Waals surface area contributed by atoms with Gasteiger partial charge in [0.25, 0.3) is 0 Å². The molecule has 2 aliphatic rings. The van der Waals surface area contributed by atoms with Gasteiger partial charge in [-0.25, -0.2) is 0 Å². The van der Waals surface area contributed by atoms with Crippen molar-refractivity contribution in [3.05, 3.63) is 0 Å². The average Bonchev–Trinajstić information content (AvgIpc) is 2.82. The molecule has 2 heterocycles. The lowest BCUT2D eigenvalue weighted by Crippen LogP contribution is -2.41. The van der Waals surface area contributed by atoms with Crippen LogP contribution in [0.2, 0.25) is 0 Å². The molecule has 0 radical (unpaired) electrons. The number of rotatable bonds is 5. The van der Waals surface area contributed by atoms with Crippen LogP contribution in [-0.2, 0) is 9.53 Å². The summed E-state index contributed by atoms with van der Waals surface area (Å²) in [5, 5.41) is 0. The summed E-state index contributed by atoms with van der Waals surface area (Å²) in [5.74, 6) is -0.0553. The highest BCUT2D eigenvalue weighted by molar-refractivity contribution is 5.76. The highest BCUT2D eigenvalue weighted by Gasteiger charge is 2.24. The van der Waals surface area contributed by atoms with Crippen LogP contribution in [0.5, 0.6) is 0 Å². The first-order valence-electron chi connectivity index (χ1n) is 6.89. The van der Waals surface area contributed by atoms with Crippen LogP contribution < -0.4 is 5.73 Å². The van der Waals surface area contributed by atoms with E-state index in [0.29, 0.717) is 6.10 Å². The summed E-state index contributed by atoms with van der Waals surface area (Å²) in [5.41, 5.74) is 5.37. The molecule has 2 fully saturated rings. The SMILES string of the molecule is NC(=O)[C@@H]1CCCN(CCC[C@H]2CCCO2)C1. The molecule has 4 nitrogen and oxygen atoms in total. The van der Waals surface area contributed by atoms with Crippen molar-refractivity contribution in [3.8, 4) is 0 Å². The maximum absolute atomic E-state index is 11.2. The molecule has 2 saturated heterocycles. The highest BCUT2D eigenvalue weighted by atomic mass is 16.5. The second kappa shape index (κ2) is 6.36. The number of hydrogen-bond acceptors (Lipinski definition) is 3. The standard InChI is InChI=1S/C13H24N2O2/c14-13(16)11-4-1-7-15(10-11)8-2-5-12-6-3-9-17-12/h11-12H,1-10H2,(H2,14,16)/t11-,12+/m1/s1. The van der Waals surface area contributed by atoms with Crippen LogP contribution in [0.15, 0.2) is 0 Å². The minimum absolute atomic E-state index is 0.0754. The molecule has 1 amide bonds.